The number of hydrogen-bond acceptors (Lipinski definition) is 4. The number of benzene rings is 1. The van der Waals surface area contributed by atoms with Crippen LogP contribution in [0.3, 0.4) is 0 Å². The number of rotatable bonds is 5. The minimum atomic E-state index is -1.39. The first kappa shape index (κ1) is 19.9. The maximum atomic E-state index is 13.9. The van der Waals surface area contributed by atoms with Crippen LogP contribution in [0.4, 0.5) is 9.18 Å². The summed E-state index contributed by atoms with van der Waals surface area (Å²) in [6.07, 6.45) is 0. The van der Waals surface area contributed by atoms with Crippen LogP contribution < -0.4 is 5.32 Å². The van der Waals surface area contributed by atoms with Crippen molar-refractivity contribution in [3.8, 4) is 0 Å². The number of carbonyl (C=O) groups excluding carboxylic acids is 3. The van der Waals surface area contributed by atoms with E-state index in [1.807, 2.05) is 0 Å². The van der Waals surface area contributed by atoms with Crippen LogP contribution >= 0.6 is 11.6 Å². The van der Waals surface area contributed by atoms with Crippen molar-refractivity contribution in [2.24, 2.45) is 0 Å². The molecule has 1 aliphatic rings. The lowest BCUT2D eigenvalue weighted by Crippen LogP contribution is -2.43. The van der Waals surface area contributed by atoms with Gasteiger partial charge in [-0.05, 0) is 38.1 Å². The van der Waals surface area contributed by atoms with Crippen LogP contribution in [0.25, 0.3) is 0 Å². The Morgan fingerprint density at radius 3 is 2.64 bits per heavy atom. The SMILES string of the molecule is Cc1ccc(C2(C)NC(=O)N(CC(=O)N(C)Cc3c(F)cccc3Cl)C2=O)o1. The number of nitrogens with one attached hydrogen (secondary N) is 1. The molecule has 7 nitrogen and oxygen atoms in total. The molecule has 1 atom stereocenters. The molecule has 9 heteroatoms. The van der Waals surface area contributed by atoms with Gasteiger partial charge in [-0.15, -0.1) is 0 Å². The highest BCUT2D eigenvalue weighted by atomic mass is 35.5. The van der Waals surface area contributed by atoms with Crippen molar-refractivity contribution in [2.45, 2.75) is 25.9 Å². The average Bonchev–Trinajstić information content (AvgIpc) is 3.16. The molecule has 1 unspecified atom stereocenters. The van der Waals surface area contributed by atoms with Crippen LogP contribution in [-0.2, 0) is 21.7 Å². The molecule has 0 aliphatic carbocycles. The largest absolute Gasteiger partial charge is 0.463 e. The van der Waals surface area contributed by atoms with Crippen molar-refractivity contribution in [3.63, 3.8) is 0 Å². The zero-order valence-electron chi connectivity index (χ0n) is 15.6. The highest BCUT2D eigenvalue weighted by Crippen LogP contribution is 2.30. The summed E-state index contributed by atoms with van der Waals surface area (Å²) < 4.78 is 19.4. The summed E-state index contributed by atoms with van der Waals surface area (Å²) >= 11 is 5.99. The lowest BCUT2D eigenvalue weighted by atomic mass is 9.99. The lowest BCUT2D eigenvalue weighted by Gasteiger charge is -2.22. The summed E-state index contributed by atoms with van der Waals surface area (Å²) in [4.78, 5) is 39.7. The van der Waals surface area contributed by atoms with Gasteiger partial charge in [-0.1, -0.05) is 17.7 Å². The summed E-state index contributed by atoms with van der Waals surface area (Å²) in [5, 5.41) is 2.75. The Kier molecular flexibility index (Phi) is 5.16. The van der Waals surface area contributed by atoms with Crippen molar-refractivity contribution >= 4 is 29.4 Å². The number of urea groups is 1. The molecule has 0 saturated carbocycles. The fraction of sp³-hybridized carbons (Fsp3) is 0.316. The molecule has 1 fully saturated rings. The predicted octanol–water partition coefficient (Wildman–Crippen LogP) is 2.81. The van der Waals surface area contributed by atoms with E-state index in [0.29, 0.717) is 5.76 Å². The number of halogens is 2. The highest BCUT2D eigenvalue weighted by molar-refractivity contribution is 6.31. The van der Waals surface area contributed by atoms with Crippen LogP contribution in [0.1, 0.15) is 24.0 Å². The molecular weight excluding hydrogens is 389 g/mol. The van der Waals surface area contributed by atoms with E-state index in [2.05, 4.69) is 5.32 Å². The molecule has 28 heavy (non-hydrogen) atoms. The Labute approximate surface area is 166 Å². The number of aryl methyl sites for hydroxylation is 1. The molecule has 148 valence electrons. The van der Waals surface area contributed by atoms with Gasteiger partial charge in [0.05, 0.1) is 0 Å². The number of hydrogen-bond donors (Lipinski definition) is 1. The average molecular weight is 408 g/mol. The summed E-state index contributed by atoms with van der Waals surface area (Å²) in [7, 11) is 1.44. The van der Waals surface area contributed by atoms with Gasteiger partial charge in [-0.25, -0.2) is 9.18 Å². The third kappa shape index (κ3) is 3.47. The lowest BCUT2D eigenvalue weighted by molar-refractivity contribution is -0.138. The quantitative estimate of drug-likeness (QED) is 0.772. The smallest absolute Gasteiger partial charge is 0.325 e. The Bertz CT molecular complexity index is 940. The molecular formula is C19H19ClFN3O4. The van der Waals surface area contributed by atoms with Crippen LogP contribution in [0, 0.1) is 12.7 Å². The Morgan fingerprint density at radius 2 is 2.04 bits per heavy atom. The van der Waals surface area contributed by atoms with E-state index in [0.717, 1.165) is 4.90 Å². The molecule has 3 rings (SSSR count). The van der Waals surface area contributed by atoms with Crippen LogP contribution in [0.2, 0.25) is 5.02 Å². The van der Waals surface area contributed by atoms with E-state index in [1.54, 1.807) is 19.1 Å². The summed E-state index contributed by atoms with van der Waals surface area (Å²) in [6, 6.07) is 6.81. The zero-order valence-corrected chi connectivity index (χ0v) is 16.3. The second-order valence-electron chi connectivity index (χ2n) is 6.81. The van der Waals surface area contributed by atoms with E-state index in [-0.39, 0.29) is 22.9 Å². The summed E-state index contributed by atoms with van der Waals surface area (Å²) in [5.74, 6) is -0.804. The maximum Gasteiger partial charge on any atom is 0.325 e. The molecule has 4 amide bonds. The second-order valence-corrected chi connectivity index (χ2v) is 7.21. The Balaban J connectivity index is 1.73. The molecule has 1 N–H and O–H groups in total. The molecule has 0 spiro atoms. The van der Waals surface area contributed by atoms with Gasteiger partial charge in [0.15, 0.2) is 5.54 Å². The second kappa shape index (κ2) is 7.27. The van der Waals surface area contributed by atoms with E-state index in [1.165, 1.54) is 37.1 Å². The van der Waals surface area contributed by atoms with Gasteiger partial charge in [0.2, 0.25) is 5.91 Å². The molecule has 2 heterocycles. The van der Waals surface area contributed by atoms with Crippen LogP contribution in [-0.4, -0.2) is 41.2 Å². The molecule has 0 bridgehead atoms. The van der Waals surface area contributed by atoms with Crippen molar-refractivity contribution in [1.29, 1.82) is 0 Å². The van der Waals surface area contributed by atoms with Crippen molar-refractivity contribution in [2.75, 3.05) is 13.6 Å². The first-order valence-corrected chi connectivity index (χ1v) is 8.89. The van der Waals surface area contributed by atoms with Gasteiger partial charge < -0.3 is 14.6 Å². The summed E-state index contributed by atoms with van der Waals surface area (Å²) in [6.45, 7) is 2.65. The van der Waals surface area contributed by atoms with Crippen molar-refractivity contribution in [1.82, 2.24) is 15.1 Å². The Morgan fingerprint density at radius 1 is 1.32 bits per heavy atom. The van der Waals surface area contributed by atoms with Gasteiger partial charge in [0.25, 0.3) is 5.91 Å². The fourth-order valence-electron chi connectivity index (χ4n) is 2.98. The molecule has 1 saturated heterocycles. The van der Waals surface area contributed by atoms with Gasteiger partial charge in [-0.3, -0.25) is 14.5 Å². The fourth-order valence-corrected chi connectivity index (χ4v) is 3.20. The highest BCUT2D eigenvalue weighted by Gasteiger charge is 2.51. The third-order valence-electron chi connectivity index (χ3n) is 4.68. The topological polar surface area (TPSA) is 82.9 Å². The number of likely N-dealkylation sites (N-methyl/N-ethyl adjacent to an activating group) is 1. The van der Waals surface area contributed by atoms with Crippen molar-refractivity contribution in [3.05, 3.63) is 58.3 Å². The molecule has 1 aromatic heterocycles. The maximum absolute atomic E-state index is 13.9. The number of furan rings is 1. The predicted molar refractivity (Wildman–Crippen MR) is 98.9 cm³/mol. The molecule has 0 radical (unpaired) electrons. The standard InChI is InChI=1S/C19H19ClFN3O4/c1-11-7-8-15(28-11)19(2)17(26)24(18(27)22-19)10-16(25)23(3)9-12-13(20)5-4-6-14(12)21/h4-8H,9-10H2,1-3H3,(H,22,27). The molecule has 1 aromatic carbocycles. The monoisotopic (exact) mass is 407 g/mol. The number of carbonyl (C=O) groups is 3. The number of nitrogens with zero attached hydrogens (tertiary/aromatic N) is 2. The first-order chi connectivity index (χ1) is 13.1. The van der Waals surface area contributed by atoms with Gasteiger partial charge in [-0.2, -0.15) is 0 Å². The Hall–Kier alpha value is -2.87. The van der Waals surface area contributed by atoms with Crippen LogP contribution in [0.5, 0.6) is 0 Å². The van der Waals surface area contributed by atoms with E-state index in [9.17, 15) is 18.8 Å². The summed E-state index contributed by atoms with van der Waals surface area (Å²) in [5.41, 5.74) is -1.23. The number of amides is 4. The minimum Gasteiger partial charge on any atom is -0.463 e. The molecule has 1 aliphatic heterocycles. The van der Waals surface area contributed by atoms with Gasteiger partial charge in [0.1, 0.15) is 23.9 Å². The van der Waals surface area contributed by atoms with Crippen molar-refractivity contribution < 1.29 is 23.2 Å². The van der Waals surface area contributed by atoms with Gasteiger partial charge >= 0.3 is 6.03 Å². The zero-order chi connectivity index (χ0) is 20.6. The number of imide groups is 1. The van der Waals surface area contributed by atoms with E-state index < -0.39 is 35.7 Å². The normalized spacial score (nSPS) is 19.1. The van der Waals surface area contributed by atoms with E-state index >= 15 is 0 Å². The molecule has 2 aromatic rings. The third-order valence-corrected chi connectivity index (χ3v) is 5.04. The minimum absolute atomic E-state index is 0.0946. The van der Waals surface area contributed by atoms with E-state index in [4.69, 9.17) is 16.0 Å². The van der Waals surface area contributed by atoms with Crippen LogP contribution in [0.15, 0.2) is 34.7 Å². The first-order valence-electron chi connectivity index (χ1n) is 8.51. The van der Waals surface area contributed by atoms with Gasteiger partial charge in [0, 0.05) is 24.2 Å².